The van der Waals surface area contributed by atoms with Gasteiger partial charge in [-0.05, 0) is 102 Å². The summed E-state index contributed by atoms with van der Waals surface area (Å²) in [5.41, 5.74) is 5.35. The van der Waals surface area contributed by atoms with E-state index in [-0.39, 0.29) is 36.6 Å². The second-order valence-corrected chi connectivity index (χ2v) is 11.2. The zero-order valence-electron chi connectivity index (χ0n) is 21.3. The Balaban J connectivity index is 1.72. The van der Waals surface area contributed by atoms with Gasteiger partial charge in [0, 0.05) is 0 Å². The first kappa shape index (κ1) is 23.6. The molecule has 2 aliphatic heterocycles. The van der Waals surface area contributed by atoms with E-state index in [2.05, 4.69) is 106 Å². The standard InChI is InChI=1S/C26H36B2O4/c1-17-19(13-11-15-21(17)27-29-23(3,4)24(5,6)30-27)20-14-12-16-22(18(20)2)28-31-25(7,8)26(9,10)32-28/h11-16H,1-10H3. The van der Waals surface area contributed by atoms with Gasteiger partial charge < -0.3 is 18.6 Å². The van der Waals surface area contributed by atoms with Crippen LogP contribution in [0.15, 0.2) is 36.4 Å². The smallest absolute Gasteiger partial charge is 0.399 e. The van der Waals surface area contributed by atoms with Gasteiger partial charge >= 0.3 is 14.2 Å². The fourth-order valence-corrected chi connectivity index (χ4v) is 4.34. The van der Waals surface area contributed by atoms with E-state index >= 15 is 0 Å². The molecule has 32 heavy (non-hydrogen) atoms. The van der Waals surface area contributed by atoms with Crippen molar-refractivity contribution in [2.24, 2.45) is 0 Å². The van der Waals surface area contributed by atoms with Crippen LogP contribution in [0.25, 0.3) is 11.1 Å². The normalized spacial score (nSPS) is 23.1. The molecule has 2 aromatic carbocycles. The molecule has 0 aliphatic carbocycles. The maximum atomic E-state index is 6.34. The monoisotopic (exact) mass is 434 g/mol. The second kappa shape index (κ2) is 7.46. The Bertz CT molecular complexity index is 927. The van der Waals surface area contributed by atoms with Crippen LogP contribution >= 0.6 is 0 Å². The van der Waals surface area contributed by atoms with Crippen LogP contribution in [0, 0.1) is 13.8 Å². The van der Waals surface area contributed by atoms with Gasteiger partial charge in [-0.25, -0.2) is 0 Å². The summed E-state index contributed by atoms with van der Waals surface area (Å²) in [6.07, 6.45) is 0. The van der Waals surface area contributed by atoms with Crippen LogP contribution < -0.4 is 10.9 Å². The van der Waals surface area contributed by atoms with Crippen LogP contribution in [-0.2, 0) is 18.6 Å². The van der Waals surface area contributed by atoms with Gasteiger partial charge in [0.2, 0.25) is 0 Å². The highest BCUT2D eigenvalue weighted by molar-refractivity contribution is 6.63. The van der Waals surface area contributed by atoms with Gasteiger partial charge in [0.1, 0.15) is 0 Å². The van der Waals surface area contributed by atoms with E-state index in [1.165, 1.54) is 22.3 Å². The fraction of sp³-hybridized carbons (Fsp3) is 0.538. The van der Waals surface area contributed by atoms with Gasteiger partial charge in [-0.1, -0.05) is 36.4 Å². The molecule has 0 N–H and O–H groups in total. The van der Waals surface area contributed by atoms with Crippen molar-refractivity contribution in [3.05, 3.63) is 47.5 Å². The summed E-state index contributed by atoms with van der Waals surface area (Å²) in [7, 11) is -0.766. The molecule has 0 radical (unpaired) electrons. The van der Waals surface area contributed by atoms with Crippen molar-refractivity contribution in [1.82, 2.24) is 0 Å². The van der Waals surface area contributed by atoms with Gasteiger partial charge in [0.15, 0.2) is 0 Å². The Morgan fingerprint density at radius 2 is 0.781 bits per heavy atom. The Kier molecular flexibility index (Phi) is 5.49. The fourth-order valence-electron chi connectivity index (χ4n) is 4.34. The Morgan fingerprint density at radius 3 is 1.06 bits per heavy atom. The molecule has 0 saturated carbocycles. The quantitative estimate of drug-likeness (QED) is 0.664. The molecule has 0 spiro atoms. The third kappa shape index (κ3) is 3.66. The molecule has 4 rings (SSSR count). The predicted octanol–water partition coefficient (Wildman–Crippen LogP) is 4.57. The summed E-state index contributed by atoms with van der Waals surface area (Å²) in [5, 5.41) is 0. The maximum absolute atomic E-state index is 6.34. The van der Waals surface area contributed by atoms with Gasteiger partial charge in [-0.3, -0.25) is 0 Å². The first-order valence-corrected chi connectivity index (χ1v) is 11.6. The van der Waals surface area contributed by atoms with Crippen molar-refractivity contribution in [2.75, 3.05) is 0 Å². The largest absolute Gasteiger partial charge is 0.495 e. The molecule has 0 atom stereocenters. The average molecular weight is 434 g/mol. The molecule has 6 heteroatoms. The van der Waals surface area contributed by atoms with Crippen molar-refractivity contribution in [3.8, 4) is 11.1 Å². The van der Waals surface area contributed by atoms with E-state index in [1.807, 2.05) is 0 Å². The summed E-state index contributed by atoms with van der Waals surface area (Å²) in [6.45, 7) is 21.0. The van der Waals surface area contributed by atoms with E-state index in [9.17, 15) is 0 Å². The third-order valence-corrected chi connectivity index (χ3v) is 8.06. The lowest BCUT2D eigenvalue weighted by Gasteiger charge is -2.32. The number of hydrogen-bond acceptors (Lipinski definition) is 4. The van der Waals surface area contributed by atoms with E-state index in [1.54, 1.807) is 0 Å². The minimum absolute atomic E-state index is 0.368. The highest BCUT2D eigenvalue weighted by Crippen LogP contribution is 2.39. The molecular weight excluding hydrogens is 398 g/mol. The van der Waals surface area contributed by atoms with Crippen molar-refractivity contribution in [2.45, 2.75) is 91.6 Å². The molecule has 2 saturated heterocycles. The SMILES string of the molecule is Cc1c(B2OC(C)(C)C(C)(C)O2)cccc1-c1cccc(B2OC(C)(C)C(C)(C)O2)c1C. The van der Waals surface area contributed by atoms with Crippen LogP contribution in [0.1, 0.15) is 66.5 Å². The first-order valence-electron chi connectivity index (χ1n) is 11.6. The lowest BCUT2D eigenvalue weighted by atomic mass is 9.72. The Morgan fingerprint density at radius 1 is 0.500 bits per heavy atom. The van der Waals surface area contributed by atoms with Crippen molar-refractivity contribution < 1.29 is 18.6 Å². The van der Waals surface area contributed by atoms with Gasteiger partial charge in [-0.2, -0.15) is 0 Å². The zero-order chi connectivity index (χ0) is 23.7. The summed E-state index contributed by atoms with van der Waals surface area (Å²) in [4.78, 5) is 0. The van der Waals surface area contributed by atoms with Crippen LogP contribution in [0.2, 0.25) is 0 Å². The molecule has 0 amide bonds. The summed E-state index contributed by atoms with van der Waals surface area (Å²) >= 11 is 0. The number of hydrogen-bond donors (Lipinski definition) is 0. The van der Waals surface area contributed by atoms with Gasteiger partial charge in [-0.15, -0.1) is 0 Å². The van der Waals surface area contributed by atoms with Crippen molar-refractivity contribution >= 4 is 25.2 Å². The molecule has 0 unspecified atom stereocenters. The van der Waals surface area contributed by atoms with Crippen LogP contribution in [0.5, 0.6) is 0 Å². The summed E-state index contributed by atoms with van der Waals surface area (Å²) < 4.78 is 25.4. The molecule has 0 bridgehead atoms. The van der Waals surface area contributed by atoms with Crippen LogP contribution in [0.4, 0.5) is 0 Å². The van der Waals surface area contributed by atoms with Crippen molar-refractivity contribution in [1.29, 1.82) is 0 Å². The van der Waals surface area contributed by atoms with Crippen molar-refractivity contribution in [3.63, 3.8) is 0 Å². The lowest BCUT2D eigenvalue weighted by Crippen LogP contribution is -2.41. The molecule has 4 nitrogen and oxygen atoms in total. The van der Waals surface area contributed by atoms with E-state index < -0.39 is 0 Å². The van der Waals surface area contributed by atoms with Gasteiger partial charge in [0.25, 0.3) is 0 Å². The van der Waals surface area contributed by atoms with Crippen LogP contribution in [-0.4, -0.2) is 36.6 Å². The Hall–Kier alpha value is -1.59. The van der Waals surface area contributed by atoms with E-state index in [4.69, 9.17) is 18.6 Å². The zero-order valence-corrected chi connectivity index (χ0v) is 21.3. The number of benzene rings is 2. The maximum Gasteiger partial charge on any atom is 0.495 e. The average Bonchev–Trinajstić information content (AvgIpc) is 3.01. The molecule has 170 valence electrons. The number of rotatable bonds is 3. The molecular formula is C26H36B2O4. The summed E-state index contributed by atoms with van der Waals surface area (Å²) in [5.74, 6) is 0. The Labute approximate surface area is 194 Å². The van der Waals surface area contributed by atoms with Crippen LogP contribution in [0.3, 0.4) is 0 Å². The van der Waals surface area contributed by atoms with Gasteiger partial charge in [0.05, 0.1) is 22.4 Å². The topological polar surface area (TPSA) is 36.9 Å². The summed E-state index contributed by atoms with van der Waals surface area (Å²) in [6, 6.07) is 12.7. The minimum Gasteiger partial charge on any atom is -0.399 e. The molecule has 0 aromatic heterocycles. The highest BCUT2D eigenvalue weighted by atomic mass is 16.7. The molecule has 2 heterocycles. The molecule has 2 aliphatic rings. The molecule has 2 aromatic rings. The highest BCUT2D eigenvalue weighted by Gasteiger charge is 2.53. The van der Waals surface area contributed by atoms with E-state index in [0.29, 0.717) is 0 Å². The first-order chi connectivity index (χ1) is 14.7. The lowest BCUT2D eigenvalue weighted by molar-refractivity contribution is 0.00578. The predicted molar refractivity (Wildman–Crippen MR) is 133 cm³/mol. The third-order valence-electron chi connectivity index (χ3n) is 8.06. The molecule has 2 fully saturated rings. The second-order valence-electron chi connectivity index (χ2n) is 11.2. The minimum atomic E-state index is -0.383. The van der Waals surface area contributed by atoms with E-state index in [0.717, 1.165) is 10.9 Å².